The van der Waals surface area contributed by atoms with Gasteiger partial charge in [0.1, 0.15) is 0 Å². The van der Waals surface area contributed by atoms with Crippen molar-refractivity contribution in [3.8, 4) is 0 Å². The molecule has 1 aliphatic rings. The summed E-state index contributed by atoms with van der Waals surface area (Å²) < 4.78 is 27.3. The Kier molecular flexibility index (Phi) is 7.87. The van der Waals surface area contributed by atoms with Crippen LogP contribution >= 0.6 is 12.4 Å². The van der Waals surface area contributed by atoms with E-state index in [1.165, 1.54) is 4.31 Å². The molecule has 142 valence electrons. The van der Waals surface area contributed by atoms with E-state index in [9.17, 15) is 13.2 Å². The lowest BCUT2D eigenvalue weighted by atomic mass is 10.1. The van der Waals surface area contributed by atoms with Crippen LogP contribution in [0.15, 0.2) is 23.1 Å². The van der Waals surface area contributed by atoms with E-state index in [0.717, 1.165) is 11.1 Å². The molecule has 0 aromatic heterocycles. The van der Waals surface area contributed by atoms with Gasteiger partial charge in [0.25, 0.3) is 0 Å². The summed E-state index contributed by atoms with van der Waals surface area (Å²) in [7, 11) is -1.69. The fourth-order valence-electron chi connectivity index (χ4n) is 2.98. The second-order valence-corrected chi connectivity index (χ2v) is 8.36. The molecule has 1 unspecified atom stereocenters. The molecule has 25 heavy (non-hydrogen) atoms. The van der Waals surface area contributed by atoms with Gasteiger partial charge in [-0.15, -0.1) is 12.4 Å². The van der Waals surface area contributed by atoms with Crippen LogP contribution in [0.5, 0.6) is 0 Å². The van der Waals surface area contributed by atoms with E-state index in [-0.39, 0.29) is 24.2 Å². The Morgan fingerprint density at radius 1 is 1.20 bits per heavy atom. The van der Waals surface area contributed by atoms with Gasteiger partial charge in [-0.1, -0.05) is 19.1 Å². The number of hydrogen-bond donors (Lipinski definition) is 1. The van der Waals surface area contributed by atoms with E-state index in [0.29, 0.717) is 37.6 Å². The third kappa shape index (κ3) is 4.94. The molecule has 0 radical (unpaired) electrons. The van der Waals surface area contributed by atoms with Gasteiger partial charge in [0.2, 0.25) is 15.9 Å². The molecule has 1 saturated heterocycles. The Morgan fingerprint density at radius 3 is 2.36 bits per heavy atom. The van der Waals surface area contributed by atoms with Crippen molar-refractivity contribution >= 4 is 28.3 Å². The normalized spacial score (nSPS) is 17.0. The summed E-state index contributed by atoms with van der Waals surface area (Å²) in [6.07, 6.45) is 0. The number of carbonyl (C=O) groups is 1. The third-order valence-corrected chi connectivity index (χ3v) is 6.48. The summed E-state index contributed by atoms with van der Waals surface area (Å²) in [5.41, 5.74) is 1.68. The average Bonchev–Trinajstić information content (AvgIpc) is 2.56. The van der Waals surface area contributed by atoms with Crippen molar-refractivity contribution in [3.05, 3.63) is 29.3 Å². The molecule has 0 bridgehead atoms. The van der Waals surface area contributed by atoms with E-state index >= 15 is 0 Å². The summed E-state index contributed by atoms with van der Waals surface area (Å²) in [4.78, 5) is 14.5. The Bertz CT molecular complexity index is 701. The molecule has 1 aromatic carbocycles. The zero-order chi connectivity index (χ0) is 17.9. The number of benzene rings is 1. The maximum Gasteiger partial charge on any atom is 0.243 e. The van der Waals surface area contributed by atoms with Crippen LogP contribution in [0.4, 0.5) is 0 Å². The van der Waals surface area contributed by atoms with Crippen LogP contribution in [0, 0.1) is 19.8 Å². The number of piperazine rings is 1. The molecule has 0 spiro atoms. The average molecular weight is 390 g/mol. The van der Waals surface area contributed by atoms with Gasteiger partial charge < -0.3 is 10.2 Å². The molecule has 2 rings (SSSR count). The Hall–Kier alpha value is -1.15. The number of carbonyl (C=O) groups excluding carboxylic acids is 1. The number of hydrogen-bond acceptors (Lipinski definition) is 4. The molecular weight excluding hydrogens is 362 g/mol. The SMILES string of the molecule is CNCC(C)C(=O)N1CCN(S(=O)(=O)c2cc(C)ccc2C)CC1.Cl. The fourth-order valence-corrected chi connectivity index (χ4v) is 4.71. The van der Waals surface area contributed by atoms with Crippen LogP contribution in [-0.4, -0.2) is 63.3 Å². The maximum atomic E-state index is 12.9. The molecule has 1 amide bonds. The quantitative estimate of drug-likeness (QED) is 0.826. The first-order chi connectivity index (χ1) is 11.3. The fraction of sp³-hybridized carbons (Fsp3) is 0.588. The smallest absolute Gasteiger partial charge is 0.243 e. The van der Waals surface area contributed by atoms with E-state index in [1.807, 2.05) is 40.0 Å². The van der Waals surface area contributed by atoms with E-state index in [2.05, 4.69) is 5.32 Å². The number of rotatable bonds is 5. The first kappa shape index (κ1) is 21.9. The molecule has 6 nitrogen and oxygen atoms in total. The highest BCUT2D eigenvalue weighted by Crippen LogP contribution is 2.22. The lowest BCUT2D eigenvalue weighted by Crippen LogP contribution is -2.52. The van der Waals surface area contributed by atoms with Crippen LogP contribution in [0.2, 0.25) is 0 Å². The predicted octanol–water partition coefficient (Wildman–Crippen LogP) is 1.41. The van der Waals surface area contributed by atoms with E-state index in [4.69, 9.17) is 0 Å². The third-order valence-electron chi connectivity index (χ3n) is 4.44. The molecule has 1 N–H and O–H groups in total. The van der Waals surface area contributed by atoms with Crippen molar-refractivity contribution in [1.82, 2.24) is 14.5 Å². The van der Waals surface area contributed by atoms with Crippen molar-refractivity contribution in [3.63, 3.8) is 0 Å². The van der Waals surface area contributed by atoms with Gasteiger partial charge in [-0.05, 0) is 38.1 Å². The zero-order valence-corrected chi connectivity index (χ0v) is 16.9. The summed E-state index contributed by atoms with van der Waals surface area (Å²) >= 11 is 0. The molecule has 1 fully saturated rings. The van der Waals surface area contributed by atoms with Crippen LogP contribution in [-0.2, 0) is 14.8 Å². The van der Waals surface area contributed by atoms with Crippen molar-refractivity contribution in [1.29, 1.82) is 0 Å². The number of nitrogens with zero attached hydrogens (tertiary/aromatic N) is 2. The molecule has 0 aliphatic carbocycles. The Labute approximate surface area is 157 Å². The van der Waals surface area contributed by atoms with Crippen molar-refractivity contribution in [2.24, 2.45) is 5.92 Å². The first-order valence-corrected chi connectivity index (χ1v) is 9.72. The molecule has 1 aliphatic heterocycles. The van der Waals surface area contributed by atoms with Gasteiger partial charge in [0.05, 0.1) is 4.90 Å². The highest BCUT2D eigenvalue weighted by molar-refractivity contribution is 7.89. The minimum absolute atomic E-state index is 0. The topological polar surface area (TPSA) is 69.7 Å². The molecule has 0 saturated carbocycles. The lowest BCUT2D eigenvalue weighted by Gasteiger charge is -2.35. The van der Waals surface area contributed by atoms with Crippen molar-refractivity contribution in [2.45, 2.75) is 25.7 Å². The van der Waals surface area contributed by atoms with Crippen LogP contribution in [0.3, 0.4) is 0 Å². The maximum absolute atomic E-state index is 12.9. The van der Waals surface area contributed by atoms with Crippen LogP contribution < -0.4 is 5.32 Å². The predicted molar refractivity (Wildman–Crippen MR) is 102 cm³/mol. The molecule has 1 atom stereocenters. The monoisotopic (exact) mass is 389 g/mol. The molecule has 8 heteroatoms. The highest BCUT2D eigenvalue weighted by atomic mass is 35.5. The van der Waals surface area contributed by atoms with Gasteiger partial charge in [0.15, 0.2) is 0 Å². The summed E-state index contributed by atoms with van der Waals surface area (Å²) in [6, 6.07) is 5.47. The molecular formula is C17H28ClN3O3S. The Balaban J connectivity index is 0.00000312. The van der Waals surface area contributed by atoms with Gasteiger partial charge >= 0.3 is 0 Å². The summed E-state index contributed by atoms with van der Waals surface area (Å²) in [6.45, 7) is 7.77. The minimum Gasteiger partial charge on any atom is -0.340 e. The van der Waals surface area contributed by atoms with Gasteiger partial charge in [0, 0.05) is 38.6 Å². The molecule has 1 heterocycles. The Morgan fingerprint density at radius 2 is 1.80 bits per heavy atom. The second-order valence-electron chi connectivity index (χ2n) is 6.46. The number of amides is 1. The van der Waals surface area contributed by atoms with Crippen molar-refractivity contribution in [2.75, 3.05) is 39.8 Å². The summed E-state index contributed by atoms with van der Waals surface area (Å²) in [5.74, 6) is -0.0229. The lowest BCUT2D eigenvalue weighted by molar-refractivity contribution is -0.136. The highest BCUT2D eigenvalue weighted by Gasteiger charge is 2.32. The van der Waals surface area contributed by atoms with Crippen LogP contribution in [0.25, 0.3) is 0 Å². The number of sulfonamides is 1. The van der Waals surface area contributed by atoms with Crippen molar-refractivity contribution < 1.29 is 13.2 Å². The minimum atomic E-state index is -3.51. The standard InChI is InChI=1S/C17H27N3O3S.ClH/c1-13-5-6-14(2)16(11-13)24(22,23)20-9-7-19(8-10-20)17(21)15(3)12-18-4;/h5-6,11,15,18H,7-10,12H2,1-4H3;1H. The van der Waals surface area contributed by atoms with Crippen LogP contribution in [0.1, 0.15) is 18.1 Å². The van der Waals surface area contributed by atoms with E-state index in [1.54, 1.807) is 11.0 Å². The summed E-state index contributed by atoms with van der Waals surface area (Å²) in [5, 5.41) is 3.00. The van der Waals surface area contributed by atoms with Gasteiger partial charge in [-0.25, -0.2) is 8.42 Å². The largest absolute Gasteiger partial charge is 0.340 e. The molecule has 1 aromatic rings. The van der Waals surface area contributed by atoms with Gasteiger partial charge in [-0.2, -0.15) is 4.31 Å². The second kappa shape index (κ2) is 8.98. The van der Waals surface area contributed by atoms with Gasteiger partial charge in [-0.3, -0.25) is 4.79 Å². The number of aryl methyl sites for hydroxylation is 2. The van der Waals surface area contributed by atoms with E-state index < -0.39 is 10.0 Å². The number of nitrogens with one attached hydrogen (secondary N) is 1. The zero-order valence-electron chi connectivity index (χ0n) is 15.3. The first-order valence-electron chi connectivity index (χ1n) is 8.28. The number of halogens is 1.